The van der Waals surface area contributed by atoms with Gasteiger partial charge in [-0.25, -0.2) is 4.99 Å². The van der Waals surface area contributed by atoms with Crippen LogP contribution in [0.15, 0.2) is 96.0 Å². The number of benzene rings is 4. The summed E-state index contributed by atoms with van der Waals surface area (Å²) in [6, 6.07) is 28.4. The average Bonchev–Trinajstić information content (AvgIpc) is 3.64. The molecule has 4 aromatic carbocycles. The molecule has 0 amide bonds. The van der Waals surface area contributed by atoms with Gasteiger partial charge in [-0.05, 0) is 47.5 Å². The van der Waals surface area contributed by atoms with Crippen LogP contribution in [0.2, 0.25) is 0 Å². The first-order valence-electron chi connectivity index (χ1n) is 15.3. The summed E-state index contributed by atoms with van der Waals surface area (Å²) in [6.07, 6.45) is 0. The number of aliphatic imine (C=N–C) groups is 1. The van der Waals surface area contributed by atoms with Crippen molar-refractivity contribution in [1.29, 1.82) is 0 Å². The van der Waals surface area contributed by atoms with Crippen molar-refractivity contribution >= 4 is 17.5 Å². The van der Waals surface area contributed by atoms with E-state index in [2.05, 4.69) is 5.32 Å². The van der Waals surface area contributed by atoms with Crippen molar-refractivity contribution in [2.45, 2.75) is 22.8 Å². The Bertz CT molecular complexity index is 1860. The summed E-state index contributed by atoms with van der Waals surface area (Å²) in [5.41, 5.74) is -1.55. The number of nitrogens with one attached hydrogen (secondary N) is 1. The zero-order valence-corrected chi connectivity index (χ0v) is 27.1. The molecule has 10 nitrogen and oxygen atoms in total. The van der Waals surface area contributed by atoms with Gasteiger partial charge in [0, 0.05) is 43.4 Å². The maximum absolute atomic E-state index is 14.2. The minimum absolute atomic E-state index is 0.394. The van der Waals surface area contributed by atoms with Crippen molar-refractivity contribution in [3.63, 3.8) is 0 Å². The summed E-state index contributed by atoms with van der Waals surface area (Å²) in [6.45, 7) is 0. The topological polar surface area (TPSA) is 111 Å². The summed E-state index contributed by atoms with van der Waals surface area (Å²) >= 11 is 0. The number of esters is 1. The van der Waals surface area contributed by atoms with Gasteiger partial charge in [0.15, 0.2) is 11.1 Å². The van der Waals surface area contributed by atoms with Gasteiger partial charge < -0.3 is 39.0 Å². The Morgan fingerprint density at radius 1 is 0.872 bits per heavy atom. The molecule has 0 aromatic heterocycles. The fraction of sp³-hybridized carbons (Fsp3) is 0.297. The third kappa shape index (κ3) is 4.00. The van der Waals surface area contributed by atoms with Gasteiger partial charge in [0.05, 0.1) is 34.0 Å². The van der Waals surface area contributed by atoms with Crippen molar-refractivity contribution in [1.82, 2.24) is 5.32 Å². The van der Waals surface area contributed by atoms with E-state index in [0.717, 1.165) is 16.8 Å². The van der Waals surface area contributed by atoms with Crippen LogP contribution >= 0.6 is 0 Å². The molecule has 47 heavy (non-hydrogen) atoms. The quantitative estimate of drug-likeness (QED) is 0.269. The Morgan fingerprint density at radius 2 is 1.55 bits per heavy atom. The van der Waals surface area contributed by atoms with Gasteiger partial charge in [0.25, 0.3) is 0 Å². The summed E-state index contributed by atoms with van der Waals surface area (Å²) in [5, 5.41) is 17.1. The number of amidine groups is 1. The molecule has 0 saturated heterocycles. The number of fused-ring (bicyclic) bond motifs is 1. The normalized spacial score (nSPS) is 26.6. The molecule has 0 bridgehead atoms. The Balaban J connectivity index is 1.61. The van der Waals surface area contributed by atoms with Crippen molar-refractivity contribution in [3.8, 4) is 23.0 Å². The van der Waals surface area contributed by atoms with Gasteiger partial charge in [-0.2, -0.15) is 0 Å². The minimum Gasteiger partial charge on any atom is -0.497 e. The minimum atomic E-state index is -2.14. The van der Waals surface area contributed by atoms with Gasteiger partial charge in [0.2, 0.25) is 5.72 Å². The molecule has 2 N–H and O–H groups in total. The van der Waals surface area contributed by atoms with Crippen LogP contribution < -0.4 is 29.2 Å². The van der Waals surface area contributed by atoms with Crippen LogP contribution in [0.25, 0.3) is 0 Å². The molecule has 3 aliphatic rings. The standard InChI is InChI=1S/C37H37N3O7/c1-40(2)25-16-12-23(13-17-25)33-38-36-31-28(45-5)20-27(44-4)21-29(31)47-35(36,24-14-18-26(43-3)19-15-24)30(22-10-8-7-9-11-22)32(34(41)46-6)37(36,42)39-33/h7-21,30,32,42H,1-6H3,(H,38,39)/t30-,32+,35+,36-,37-/m1/s1. The highest BCUT2D eigenvalue weighted by molar-refractivity contribution is 6.03. The van der Waals surface area contributed by atoms with E-state index in [-0.39, 0.29) is 0 Å². The average molecular weight is 636 g/mol. The van der Waals surface area contributed by atoms with E-state index in [1.54, 1.807) is 33.5 Å². The smallest absolute Gasteiger partial charge is 0.314 e. The molecule has 242 valence electrons. The van der Waals surface area contributed by atoms with Crippen LogP contribution in [-0.4, -0.2) is 65.2 Å². The molecule has 4 aromatic rings. The number of rotatable bonds is 8. The predicted octanol–water partition coefficient (Wildman–Crippen LogP) is 4.59. The highest BCUT2D eigenvalue weighted by Gasteiger charge is 2.87. The van der Waals surface area contributed by atoms with Gasteiger partial charge in [-0.3, -0.25) is 4.79 Å². The number of nitrogens with zero attached hydrogens (tertiary/aromatic N) is 2. The molecule has 0 radical (unpaired) electrons. The number of aliphatic hydroxyl groups is 1. The number of ether oxygens (including phenoxy) is 5. The van der Waals surface area contributed by atoms with Crippen LogP contribution in [0.3, 0.4) is 0 Å². The number of carbonyl (C=O) groups is 1. The molecule has 1 aliphatic carbocycles. The molecule has 0 unspecified atom stereocenters. The Morgan fingerprint density at radius 3 is 2.15 bits per heavy atom. The lowest BCUT2D eigenvalue weighted by Gasteiger charge is -2.44. The largest absolute Gasteiger partial charge is 0.497 e. The van der Waals surface area contributed by atoms with Crippen LogP contribution in [0.5, 0.6) is 23.0 Å². The van der Waals surface area contributed by atoms with Gasteiger partial charge >= 0.3 is 5.97 Å². The second-order valence-corrected chi connectivity index (χ2v) is 12.2. The van der Waals surface area contributed by atoms with E-state index in [1.165, 1.54) is 7.11 Å². The molecular weight excluding hydrogens is 598 g/mol. The van der Waals surface area contributed by atoms with E-state index in [1.807, 2.05) is 97.9 Å². The van der Waals surface area contributed by atoms with Crippen LogP contribution in [0.4, 0.5) is 5.69 Å². The van der Waals surface area contributed by atoms with Gasteiger partial charge in [-0.15, -0.1) is 0 Å². The van der Waals surface area contributed by atoms with Gasteiger partial charge in [-0.1, -0.05) is 42.5 Å². The Labute approximate surface area is 273 Å². The number of hydrogen-bond acceptors (Lipinski definition) is 10. The van der Waals surface area contributed by atoms with E-state index >= 15 is 0 Å². The maximum Gasteiger partial charge on any atom is 0.314 e. The van der Waals surface area contributed by atoms with Crippen LogP contribution in [-0.2, 0) is 20.7 Å². The van der Waals surface area contributed by atoms with Crippen molar-refractivity contribution in [3.05, 3.63) is 113 Å². The van der Waals surface area contributed by atoms with Crippen molar-refractivity contribution in [2.24, 2.45) is 10.9 Å². The molecule has 10 heteroatoms. The number of anilines is 1. The predicted molar refractivity (Wildman–Crippen MR) is 177 cm³/mol. The van der Waals surface area contributed by atoms with Crippen molar-refractivity contribution < 1.29 is 33.6 Å². The second-order valence-electron chi connectivity index (χ2n) is 12.2. The summed E-state index contributed by atoms with van der Waals surface area (Å²) < 4.78 is 29.9. The maximum atomic E-state index is 14.2. The molecule has 2 aliphatic heterocycles. The zero-order valence-electron chi connectivity index (χ0n) is 27.1. The number of carbonyl (C=O) groups excluding carboxylic acids is 1. The van der Waals surface area contributed by atoms with E-state index in [4.69, 9.17) is 28.7 Å². The molecule has 1 fully saturated rings. The van der Waals surface area contributed by atoms with Crippen molar-refractivity contribution in [2.75, 3.05) is 47.4 Å². The second kappa shape index (κ2) is 10.9. The SMILES string of the molecule is COC(=O)[C@@H]1[C@@H](c2ccccc2)[C@]2(c3ccc(OC)cc3)Oc3cc(OC)cc(OC)c3[C@@]23NC(c2ccc(N(C)C)cc2)=N[C@@]13O. The zero-order chi connectivity index (χ0) is 33.1. The molecule has 7 rings (SSSR count). The molecule has 1 spiro atoms. The molecular formula is C37H37N3O7. The summed E-state index contributed by atoms with van der Waals surface area (Å²) in [5.74, 6) is -0.288. The Kier molecular flexibility index (Phi) is 7.09. The molecule has 2 heterocycles. The summed E-state index contributed by atoms with van der Waals surface area (Å²) in [4.78, 5) is 21.2. The van der Waals surface area contributed by atoms with E-state index in [9.17, 15) is 9.90 Å². The van der Waals surface area contributed by atoms with Crippen LogP contribution in [0, 0.1) is 5.92 Å². The van der Waals surface area contributed by atoms with Gasteiger partial charge in [0.1, 0.15) is 34.8 Å². The van der Waals surface area contributed by atoms with E-state index < -0.39 is 34.7 Å². The Hall–Kier alpha value is -5.22. The first kappa shape index (κ1) is 30.4. The highest BCUT2D eigenvalue weighted by atomic mass is 16.5. The first-order valence-corrected chi connectivity index (χ1v) is 15.3. The van der Waals surface area contributed by atoms with E-state index in [0.29, 0.717) is 40.0 Å². The lowest BCUT2D eigenvalue weighted by molar-refractivity contribution is -0.156. The third-order valence-electron chi connectivity index (χ3n) is 9.83. The third-order valence-corrected chi connectivity index (χ3v) is 9.83. The first-order chi connectivity index (χ1) is 22.7. The molecule has 5 atom stereocenters. The fourth-order valence-corrected chi connectivity index (χ4v) is 7.82. The summed E-state index contributed by atoms with van der Waals surface area (Å²) in [7, 11) is 9.97. The molecule has 1 saturated carbocycles. The van der Waals surface area contributed by atoms with Crippen LogP contribution in [0.1, 0.15) is 28.2 Å². The fourth-order valence-electron chi connectivity index (χ4n) is 7.82. The monoisotopic (exact) mass is 635 g/mol. The number of methoxy groups -OCH3 is 4. The lowest BCUT2D eigenvalue weighted by atomic mass is 9.68. The number of hydrogen-bond donors (Lipinski definition) is 2. The lowest BCUT2D eigenvalue weighted by Crippen LogP contribution is -2.63. The highest BCUT2D eigenvalue weighted by Crippen LogP contribution is 2.75.